The highest BCUT2D eigenvalue weighted by Gasteiger charge is 2.13. The molecule has 0 saturated carbocycles. The van der Waals surface area contributed by atoms with Gasteiger partial charge in [-0.1, -0.05) is 32.9 Å². The number of hydrogen-bond acceptors (Lipinski definition) is 5. The Kier molecular flexibility index (Phi) is 13.7. The third-order valence-corrected chi connectivity index (χ3v) is 3.78. The van der Waals surface area contributed by atoms with Crippen molar-refractivity contribution in [2.75, 3.05) is 26.2 Å². The summed E-state index contributed by atoms with van der Waals surface area (Å²) in [7, 11) is 0. The van der Waals surface area contributed by atoms with Gasteiger partial charge in [0, 0.05) is 38.6 Å². The number of halogens is 1. The van der Waals surface area contributed by atoms with Gasteiger partial charge in [-0.2, -0.15) is 4.98 Å². The van der Waals surface area contributed by atoms with Crippen LogP contribution in [0.15, 0.2) is 9.52 Å². The molecule has 7 nitrogen and oxygen atoms in total. The molecule has 1 aromatic heterocycles. The van der Waals surface area contributed by atoms with Gasteiger partial charge in [-0.15, -0.1) is 24.0 Å². The van der Waals surface area contributed by atoms with E-state index in [1.807, 2.05) is 6.92 Å². The highest BCUT2D eigenvalue weighted by atomic mass is 127. The van der Waals surface area contributed by atoms with Crippen LogP contribution in [-0.2, 0) is 11.2 Å². The first-order valence-electron chi connectivity index (χ1n) is 9.44. The lowest BCUT2D eigenvalue weighted by Gasteiger charge is -2.20. The summed E-state index contributed by atoms with van der Waals surface area (Å²) in [6.07, 6.45) is 1.85. The monoisotopic (exact) mass is 481 g/mol. The molecule has 152 valence electrons. The van der Waals surface area contributed by atoms with Gasteiger partial charge in [0.2, 0.25) is 5.89 Å². The molecule has 1 unspecified atom stereocenters. The summed E-state index contributed by atoms with van der Waals surface area (Å²) in [5.41, 5.74) is 0. The minimum absolute atomic E-state index is 0. The largest absolute Gasteiger partial charge is 0.378 e. The van der Waals surface area contributed by atoms with Crippen molar-refractivity contribution in [3.05, 3.63) is 11.7 Å². The first kappa shape index (κ1) is 25.1. The predicted octanol–water partition coefficient (Wildman–Crippen LogP) is 3.36. The first-order valence-corrected chi connectivity index (χ1v) is 9.44. The first-order chi connectivity index (χ1) is 12.0. The molecule has 1 atom stereocenters. The molecule has 0 aliphatic carbocycles. The van der Waals surface area contributed by atoms with Crippen LogP contribution in [-0.4, -0.2) is 48.4 Å². The molecule has 0 aliphatic rings. The smallest absolute Gasteiger partial charge is 0.228 e. The van der Waals surface area contributed by atoms with Crippen LogP contribution in [0.25, 0.3) is 0 Å². The van der Waals surface area contributed by atoms with E-state index in [0.29, 0.717) is 24.8 Å². The van der Waals surface area contributed by atoms with E-state index in [1.165, 1.54) is 0 Å². The van der Waals surface area contributed by atoms with Crippen molar-refractivity contribution < 1.29 is 9.26 Å². The molecule has 0 aromatic carbocycles. The van der Waals surface area contributed by atoms with Crippen molar-refractivity contribution >= 4 is 29.9 Å². The Morgan fingerprint density at radius 1 is 1.19 bits per heavy atom. The van der Waals surface area contributed by atoms with Crippen molar-refractivity contribution in [2.24, 2.45) is 10.9 Å². The van der Waals surface area contributed by atoms with Crippen molar-refractivity contribution in [3.8, 4) is 0 Å². The number of hydrogen-bond donors (Lipinski definition) is 2. The highest BCUT2D eigenvalue weighted by Crippen LogP contribution is 2.11. The van der Waals surface area contributed by atoms with Crippen LogP contribution in [0.3, 0.4) is 0 Å². The number of rotatable bonds is 11. The Morgan fingerprint density at radius 3 is 2.46 bits per heavy atom. The fourth-order valence-corrected chi connectivity index (χ4v) is 2.36. The molecule has 0 aliphatic heterocycles. The quantitative estimate of drug-likeness (QED) is 0.287. The zero-order chi connectivity index (χ0) is 18.7. The molecule has 0 saturated heterocycles. The summed E-state index contributed by atoms with van der Waals surface area (Å²) in [6.45, 7) is 15.6. The lowest BCUT2D eigenvalue weighted by Crippen LogP contribution is -2.38. The van der Waals surface area contributed by atoms with E-state index in [0.717, 1.165) is 37.9 Å². The van der Waals surface area contributed by atoms with Gasteiger partial charge in [-0.05, 0) is 26.2 Å². The van der Waals surface area contributed by atoms with Gasteiger partial charge in [0.1, 0.15) is 0 Å². The minimum Gasteiger partial charge on any atom is -0.378 e. The number of guanidine groups is 1. The van der Waals surface area contributed by atoms with E-state index in [-0.39, 0.29) is 36.0 Å². The van der Waals surface area contributed by atoms with E-state index in [1.54, 1.807) is 0 Å². The molecule has 0 fully saturated rings. The minimum atomic E-state index is 0. The van der Waals surface area contributed by atoms with E-state index < -0.39 is 0 Å². The SMILES string of the molecule is CCNC(=NCCC(OCC)C(C)C)NCCc1nc(C(C)C)no1.I. The second-order valence-electron chi connectivity index (χ2n) is 6.66. The Balaban J connectivity index is 0.00000625. The van der Waals surface area contributed by atoms with Gasteiger partial charge in [-0.25, -0.2) is 0 Å². The molecule has 0 bridgehead atoms. The van der Waals surface area contributed by atoms with Crippen LogP contribution in [0.5, 0.6) is 0 Å². The average Bonchev–Trinajstić information content (AvgIpc) is 3.03. The maximum absolute atomic E-state index is 5.77. The number of aromatic nitrogens is 2. The summed E-state index contributed by atoms with van der Waals surface area (Å²) in [5, 5.41) is 10.6. The van der Waals surface area contributed by atoms with Gasteiger partial charge >= 0.3 is 0 Å². The number of ether oxygens (including phenoxy) is 1. The van der Waals surface area contributed by atoms with E-state index in [2.05, 4.69) is 60.4 Å². The molecule has 0 amide bonds. The fourth-order valence-electron chi connectivity index (χ4n) is 2.36. The molecular weight excluding hydrogens is 445 g/mol. The zero-order valence-electron chi connectivity index (χ0n) is 17.0. The Bertz CT molecular complexity index is 506. The fraction of sp³-hybridized carbons (Fsp3) is 0.833. The number of nitrogens with one attached hydrogen (secondary N) is 2. The third kappa shape index (κ3) is 9.70. The second kappa shape index (κ2) is 14.2. The highest BCUT2D eigenvalue weighted by molar-refractivity contribution is 14.0. The molecular formula is C18H36IN5O2. The maximum Gasteiger partial charge on any atom is 0.228 e. The standard InChI is InChI=1S/C18H35N5O2.HI/c1-7-19-18(20-11-9-15(13(3)4)24-8-2)21-12-10-16-22-17(14(5)6)23-25-16;/h13-15H,7-12H2,1-6H3,(H2,19,20,21);1H. The van der Waals surface area contributed by atoms with Crippen LogP contribution in [0.4, 0.5) is 0 Å². The summed E-state index contributed by atoms with van der Waals surface area (Å²) >= 11 is 0. The number of nitrogens with zero attached hydrogens (tertiary/aromatic N) is 3. The van der Waals surface area contributed by atoms with Gasteiger partial charge in [0.15, 0.2) is 11.8 Å². The summed E-state index contributed by atoms with van der Waals surface area (Å²) < 4.78 is 11.0. The van der Waals surface area contributed by atoms with Crippen molar-refractivity contribution in [1.29, 1.82) is 0 Å². The molecule has 1 rings (SSSR count). The molecule has 2 N–H and O–H groups in total. The van der Waals surface area contributed by atoms with Gasteiger partial charge in [-0.3, -0.25) is 4.99 Å². The lowest BCUT2D eigenvalue weighted by atomic mass is 10.0. The zero-order valence-corrected chi connectivity index (χ0v) is 19.4. The molecule has 26 heavy (non-hydrogen) atoms. The Morgan fingerprint density at radius 2 is 1.92 bits per heavy atom. The molecule has 1 aromatic rings. The summed E-state index contributed by atoms with van der Waals surface area (Å²) in [5.74, 6) is 3.00. The van der Waals surface area contributed by atoms with E-state index in [9.17, 15) is 0 Å². The van der Waals surface area contributed by atoms with Crippen LogP contribution in [0, 0.1) is 5.92 Å². The molecule has 1 heterocycles. The maximum atomic E-state index is 5.77. The average molecular weight is 481 g/mol. The van der Waals surface area contributed by atoms with Gasteiger partial charge in [0.05, 0.1) is 6.10 Å². The van der Waals surface area contributed by atoms with Crippen molar-refractivity contribution in [2.45, 2.75) is 66.4 Å². The van der Waals surface area contributed by atoms with Crippen LogP contribution < -0.4 is 10.6 Å². The Labute approximate surface area is 175 Å². The van der Waals surface area contributed by atoms with Gasteiger partial charge < -0.3 is 19.9 Å². The van der Waals surface area contributed by atoms with Crippen LogP contribution >= 0.6 is 24.0 Å². The molecule has 0 radical (unpaired) electrons. The van der Waals surface area contributed by atoms with Crippen molar-refractivity contribution in [3.63, 3.8) is 0 Å². The topological polar surface area (TPSA) is 84.6 Å². The molecule has 0 spiro atoms. The third-order valence-electron chi connectivity index (χ3n) is 3.78. The normalized spacial score (nSPS) is 13.0. The predicted molar refractivity (Wildman–Crippen MR) is 116 cm³/mol. The molecule has 8 heteroatoms. The van der Waals surface area contributed by atoms with E-state index in [4.69, 9.17) is 9.26 Å². The lowest BCUT2D eigenvalue weighted by molar-refractivity contribution is 0.0266. The number of aliphatic imine (C=N–C) groups is 1. The second-order valence-corrected chi connectivity index (χ2v) is 6.66. The van der Waals surface area contributed by atoms with Crippen LogP contribution in [0.1, 0.15) is 65.6 Å². The van der Waals surface area contributed by atoms with Gasteiger partial charge in [0.25, 0.3) is 0 Å². The van der Waals surface area contributed by atoms with Crippen LogP contribution in [0.2, 0.25) is 0 Å². The van der Waals surface area contributed by atoms with Crippen molar-refractivity contribution in [1.82, 2.24) is 20.8 Å². The Hall–Kier alpha value is -0.900. The summed E-state index contributed by atoms with van der Waals surface area (Å²) in [4.78, 5) is 9.01. The summed E-state index contributed by atoms with van der Waals surface area (Å²) in [6, 6.07) is 0. The van der Waals surface area contributed by atoms with E-state index >= 15 is 0 Å².